The highest BCUT2D eigenvalue weighted by Crippen LogP contribution is 2.65. The molecule has 9 heteroatoms. The Labute approximate surface area is 225 Å². The predicted molar refractivity (Wildman–Crippen MR) is 142 cm³/mol. The minimum atomic E-state index is -0.585. The van der Waals surface area contributed by atoms with E-state index < -0.39 is 6.04 Å². The van der Waals surface area contributed by atoms with Crippen LogP contribution in [0, 0.1) is 23.2 Å². The highest BCUT2D eigenvalue weighted by molar-refractivity contribution is 7.98. The van der Waals surface area contributed by atoms with Gasteiger partial charge < -0.3 is 10.2 Å². The molecule has 7 nitrogen and oxygen atoms in total. The van der Waals surface area contributed by atoms with E-state index >= 15 is 0 Å². The van der Waals surface area contributed by atoms with E-state index in [1.807, 2.05) is 18.2 Å². The third kappa shape index (κ3) is 4.23. The summed E-state index contributed by atoms with van der Waals surface area (Å²) in [5.41, 5.74) is 3.32. The smallest absolute Gasteiger partial charge is 0.255 e. The van der Waals surface area contributed by atoms with Gasteiger partial charge in [0.2, 0.25) is 11.8 Å². The van der Waals surface area contributed by atoms with Gasteiger partial charge in [0.05, 0.1) is 11.4 Å². The van der Waals surface area contributed by atoms with E-state index in [9.17, 15) is 14.4 Å². The zero-order valence-electron chi connectivity index (χ0n) is 20.8. The second kappa shape index (κ2) is 9.20. The fraction of sp³-hybridized carbons (Fsp3) is 0.571. The van der Waals surface area contributed by atoms with Crippen LogP contribution in [-0.4, -0.2) is 40.2 Å². The monoisotopic (exact) mass is 536 g/mol. The fourth-order valence-electron chi connectivity index (χ4n) is 8.02. The molecule has 6 aliphatic rings. The van der Waals surface area contributed by atoms with Crippen LogP contribution < -0.4 is 10.6 Å². The Bertz CT molecular complexity index is 1260. The molecular formula is C28H32N4O3S2. The Morgan fingerprint density at radius 1 is 1.16 bits per heavy atom. The second-order valence-electron chi connectivity index (χ2n) is 11.7. The van der Waals surface area contributed by atoms with Crippen LogP contribution in [0.2, 0.25) is 0 Å². The first kappa shape index (κ1) is 23.9. The molecule has 2 N–H and O–H groups in total. The number of thiazole rings is 1. The molecule has 3 heterocycles. The topological polar surface area (TPSA) is 91.4 Å². The lowest BCUT2D eigenvalue weighted by Gasteiger charge is -2.33. The Morgan fingerprint density at radius 2 is 2.00 bits per heavy atom. The maximum absolute atomic E-state index is 13.1. The largest absolute Gasteiger partial charge is 0.322 e. The molecule has 3 amide bonds. The molecule has 2 aliphatic heterocycles. The van der Waals surface area contributed by atoms with Crippen LogP contribution >= 0.6 is 23.1 Å². The molecule has 1 saturated heterocycles. The number of carbonyl (C=O) groups excluding carboxylic acids is 3. The Hall–Kier alpha value is -2.23. The van der Waals surface area contributed by atoms with Crippen molar-refractivity contribution in [1.82, 2.24) is 20.5 Å². The molecule has 4 aliphatic carbocycles. The number of nitrogens with zero attached hydrogens (tertiary/aromatic N) is 2. The molecule has 1 aromatic heterocycles. The highest BCUT2D eigenvalue weighted by Gasteiger charge is 2.57. The molecule has 1 aromatic carbocycles. The second-order valence-corrected chi connectivity index (χ2v) is 13.7. The average molecular weight is 537 g/mol. The SMILES string of the molecule is O=C1CCC(N2Cc3c(SCc4nc(CNCC56CC7CC(CC5C7)C6)cs4)cccc3C2=O)C(=O)N1. The molecule has 3 atom stereocenters. The van der Waals surface area contributed by atoms with E-state index in [-0.39, 0.29) is 24.1 Å². The van der Waals surface area contributed by atoms with Crippen molar-refractivity contribution < 1.29 is 14.4 Å². The maximum atomic E-state index is 13.1. The number of amides is 3. The van der Waals surface area contributed by atoms with Crippen LogP contribution in [0.5, 0.6) is 0 Å². The van der Waals surface area contributed by atoms with Gasteiger partial charge in [-0.15, -0.1) is 23.1 Å². The molecule has 4 saturated carbocycles. The molecular weight excluding hydrogens is 504 g/mol. The summed E-state index contributed by atoms with van der Waals surface area (Å²) in [5, 5.41) is 9.39. The minimum Gasteiger partial charge on any atom is -0.322 e. The van der Waals surface area contributed by atoms with Crippen LogP contribution in [-0.2, 0) is 28.4 Å². The number of hydrogen-bond donors (Lipinski definition) is 2. The van der Waals surface area contributed by atoms with E-state index in [0.29, 0.717) is 23.9 Å². The van der Waals surface area contributed by atoms with Gasteiger partial charge >= 0.3 is 0 Å². The number of hydrogen-bond acceptors (Lipinski definition) is 7. The van der Waals surface area contributed by atoms with Gasteiger partial charge in [-0.2, -0.15) is 0 Å². The predicted octanol–water partition coefficient (Wildman–Crippen LogP) is 4.11. The van der Waals surface area contributed by atoms with Gasteiger partial charge in [0.15, 0.2) is 0 Å². The summed E-state index contributed by atoms with van der Waals surface area (Å²) in [6.45, 7) is 2.38. The number of carbonyl (C=O) groups is 3. The van der Waals surface area contributed by atoms with Crippen molar-refractivity contribution in [2.75, 3.05) is 6.54 Å². The summed E-state index contributed by atoms with van der Waals surface area (Å²) < 4.78 is 0. The average Bonchev–Trinajstić information content (AvgIpc) is 3.58. The molecule has 5 fully saturated rings. The first-order chi connectivity index (χ1) is 18.0. The number of nitrogens with one attached hydrogen (secondary N) is 2. The first-order valence-corrected chi connectivity index (χ1v) is 15.4. The zero-order valence-corrected chi connectivity index (χ0v) is 22.5. The van der Waals surface area contributed by atoms with Crippen LogP contribution in [0.25, 0.3) is 0 Å². The van der Waals surface area contributed by atoms with Gasteiger partial charge in [-0.1, -0.05) is 6.07 Å². The standard InChI is InChI=1S/C28H32N4O3S2/c33-24-5-4-22(26(34)31-24)32-12-21-20(27(32)35)2-1-3-23(21)36-14-25-30-19(13-37-25)11-29-15-28-9-16-6-17(10-28)8-18(28)7-16/h1-3,13,16-18,22,29H,4-12,14-15H2,(H,31,33,34). The van der Waals surface area contributed by atoms with Crippen molar-refractivity contribution in [2.24, 2.45) is 23.2 Å². The quantitative estimate of drug-likeness (QED) is 0.390. The Balaban J connectivity index is 0.957. The normalized spacial score (nSPS) is 31.9. The van der Waals surface area contributed by atoms with Crippen molar-refractivity contribution >= 4 is 40.8 Å². The molecule has 2 aromatic rings. The zero-order chi connectivity index (χ0) is 25.1. The van der Waals surface area contributed by atoms with Crippen molar-refractivity contribution in [3.8, 4) is 0 Å². The van der Waals surface area contributed by atoms with Crippen LogP contribution in [0.15, 0.2) is 28.5 Å². The van der Waals surface area contributed by atoms with Crippen LogP contribution in [0.1, 0.15) is 71.6 Å². The lowest BCUT2D eigenvalue weighted by atomic mass is 9.75. The van der Waals surface area contributed by atoms with Crippen LogP contribution in [0.4, 0.5) is 0 Å². The van der Waals surface area contributed by atoms with E-state index in [2.05, 4.69) is 16.0 Å². The van der Waals surface area contributed by atoms with E-state index in [4.69, 9.17) is 4.98 Å². The number of piperidine rings is 1. The molecule has 3 unspecified atom stereocenters. The number of rotatable bonds is 8. The first-order valence-electron chi connectivity index (χ1n) is 13.5. The highest BCUT2D eigenvalue weighted by atomic mass is 32.2. The summed E-state index contributed by atoms with van der Waals surface area (Å²) in [5.74, 6) is 2.93. The number of thioether (sulfide) groups is 1. The molecule has 194 valence electrons. The number of aromatic nitrogens is 1. The number of benzene rings is 1. The van der Waals surface area contributed by atoms with Gasteiger partial charge in [0.25, 0.3) is 5.91 Å². The molecule has 4 bridgehead atoms. The lowest BCUT2D eigenvalue weighted by molar-refractivity contribution is -0.136. The number of fused-ring (bicyclic) bond motifs is 1. The van der Waals surface area contributed by atoms with Crippen molar-refractivity contribution in [2.45, 2.75) is 74.7 Å². The van der Waals surface area contributed by atoms with Crippen molar-refractivity contribution in [3.63, 3.8) is 0 Å². The summed E-state index contributed by atoms with van der Waals surface area (Å²) >= 11 is 3.40. The van der Waals surface area contributed by atoms with Gasteiger partial charge in [-0.05, 0) is 79.4 Å². The minimum absolute atomic E-state index is 0.127. The molecule has 8 rings (SSSR count). The van der Waals surface area contributed by atoms with Gasteiger partial charge in [-0.3, -0.25) is 19.7 Å². The summed E-state index contributed by atoms with van der Waals surface area (Å²) in [7, 11) is 0. The van der Waals surface area contributed by atoms with Crippen molar-refractivity contribution in [3.05, 3.63) is 45.4 Å². The van der Waals surface area contributed by atoms with E-state index in [0.717, 1.165) is 57.8 Å². The van der Waals surface area contributed by atoms with E-state index in [1.165, 1.54) is 32.1 Å². The molecule has 37 heavy (non-hydrogen) atoms. The van der Waals surface area contributed by atoms with Gasteiger partial charge in [0, 0.05) is 41.9 Å². The maximum Gasteiger partial charge on any atom is 0.255 e. The van der Waals surface area contributed by atoms with Gasteiger partial charge in [0.1, 0.15) is 11.0 Å². The summed E-state index contributed by atoms with van der Waals surface area (Å²) in [4.78, 5) is 44.5. The summed E-state index contributed by atoms with van der Waals surface area (Å²) in [6.07, 6.45) is 7.94. The fourth-order valence-corrected chi connectivity index (χ4v) is 9.92. The lowest BCUT2D eigenvalue weighted by Crippen LogP contribution is -2.52. The van der Waals surface area contributed by atoms with E-state index in [1.54, 1.807) is 28.0 Å². The van der Waals surface area contributed by atoms with Gasteiger partial charge in [-0.25, -0.2) is 4.98 Å². The third-order valence-corrected chi connectivity index (χ3v) is 11.6. The Kier molecular flexibility index (Phi) is 5.93. The van der Waals surface area contributed by atoms with Crippen LogP contribution in [0.3, 0.4) is 0 Å². The summed E-state index contributed by atoms with van der Waals surface area (Å²) in [6, 6.07) is 5.21. The van der Waals surface area contributed by atoms with Crippen molar-refractivity contribution in [1.29, 1.82) is 0 Å². The molecule has 0 spiro atoms. The third-order valence-electron chi connectivity index (χ3n) is 9.43. The Morgan fingerprint density at radius 3 is 2.81 bits per heavy atom. The molecule has 0 radical (unpaired) electrons. The number of imide groups is 1.